The molecule has 0 aromatic heterocycles. The molecule has 156 valence electrons. The third kappa shape index (κ3) is 5.46. The average Bonchev–Trinajstić information content (AvgIpc) is 3.21. The van der Waals surface area contributed by atoms with E-state index in [4.69, 9.17) is 11.6 Å². The number of sulfonamides is 1. The molecule has 29 heavy (non-hydrogen) atoms. The van der Waals surface area contributed by atoms with Gasteiger partial charge in [0.15, 0.2) is 0 Å². The molecule has 3 rings (SSSR count). The fourth-order valence-corrected chi connectivity index (χ4v) is 4.46. The molecule has 0 aliphatic carbocycles. The van der Waals surface area contributed by atoms with Crippen molar-refractivity contribution >= 4 is 33.2 Å². The summed E-state index contributed by atoms with van der Waals surface area (Å²) in [5.41, 5.74) is 0.421. The number of hydrogen-bond donors (Lipinski definition) is 1. The topological polar surface area (TPSA) is 69.7 Å². The Labute approximate surface area is 175 Å². The molecule has 0 radical (unpaired) electrons. The van der Waals surface area contributed by atoms with Crippen LogP contribution in [0.15, 0.2) is 47.4 Å². The van der Waals surface area contributed by atoms with Gasteiger partial charge in [-0.1, -0.05) is 11.6 Å². The average molecular weight is 440 g/mol. The van der Waals surface area contributed by atoms with Crippen molar-refractivity contribution in [2.24, 2.45) is 0 Å². The Kier molecular flexibility index (Phi) is 6.77. The second-order valence-electron chi connectivity index (χ2n) is 7.03. The minimum atomic E-state index is -3.97. The smallest absolute Gasteiger partial charge is 0.261 e. The maximum atomic E-state index is 13.1. The number of nitrogens with one attached hydrogen (secondary N) is 1. The molecule has 0 atom stereocenters. The largest absolute Gasteiger partial charge is 0.340 e. The highest BCUT2D eigenvalue weighted by Gasteiger charge is 2.19. The molecule has 1 fully saturated rings. The van der Waals surface area contributed by atoms with Gasteiger partial charge in [0, 0.05) is 25.7 Å². The molecule has 6 nitrogen and oxygen atoms in total. The van der Waals surface area contributed by atoms with Crippen molar-refractivity contribution in [3.63, 3.8) is 0 Å². The van der Waals surface area contributed by atoms with Crippen molar-refractivity contribution in [3.8, 4) is 0 Å². The zero-order valence-corrected chi connectivity index (χ0v) is 17.6. The van der Waals surface area contributed by atoms with Crippen molar-refractivity contribution < 1.29 is 17.6 Å². The maximum Gasteiger partial charge on any atom is 0.261 e. The summed E-state index contributed by atoms with van der Waals surface area (Å²) in [6.45, 7) is 3.49. The van der Waals surface area contributed by atoms with Crippen LogP contribution in [0.4, 0.5) is 10.1 Å². The van der Waals surface area contributed by atoms with Gasteiger partial charge in [-0.15, -0.1) is 0 Å². The van der Waals surface area contributed by atoms with Crippen LogP contribution >= 0.6 is 11.6 Å². The Hall–Kier alpha value is -2.16. The lowest BCUT2D eigenvalue weighted by molar-refractivity contribution is 0.0782. The number of halogens is 2. The number of carbonyl (C=O) groups is 1. The molecule has 2 aromatic rings. The molecule has 1 heterocycles. The lowest BCUT2D eigenvalue weighted by atomic mass is 10.2. The predicted octanol–water partition coefficient (Wildman–Crippen LogP) is 3.45. The Bertz CT molecular complexity index is 977. The molecule has 9 heteroatoms. The van der Waals surface area contributed by atoms with E-state index in [2.05, 4.69) is 9.62 Å². The summed E-state index contributed by atoms with van der Waals surface area (Å²) in [5, 5.41) is 0.159. The molecular weight excluding hydrogens is 417 g/mol. The molecule has 0 saturated carbocycles. The number of amides is 1. The van der Waals surface area contributed by atoms with Crippen molar-refractivity contribution in [3.05, 3.63) is 58.9 Å². The summed E-state index contributed by atoms with van der Waals surface area (Å²) in [7, 11) is -2.25. The summed E-state index contributed by atoms with van der Waals surface area (Å²) in [6.07, 6.45) is 2.37. The van der Waals surface area contributed by atoms with E-state index in [0.717, 1.165) is 43.9 Å². The summed E-state index contributed by atoms with van der Waals surface area (Å²) in [4.78, 5) is 16.6. The minimum absolute atomic E-state index is 0.0924. The van der Waals surface area contributed by atoms with E-state index in [1.54, 1.807) is 18.0 Å². The van der Waals surface area contributed by atoms with Gasteiger partial charge in [0.25, 0.3) is 15.9 Å². The summed E-state index contributed by atoms with van der Waals surface area (Å²) < 4.78 is 40.5. The van der Waals surface area contributed by atoms with Crippen LogP contribution in [0.5, 0.6) is 0 Å². The summed E-state index contributed by atoms with van der Waals surface area (Å²) in [5.74, 6) is -0.755. The third-order valence-electron chi connectivity index (χ3n) is 4.88. The lowest BCUT2D eigenvalue weighted by Gasteiger charge is -2.22. The molecule has 1 saturated heterocycles. The highest BCUT2D eigenvalue weighted by molar-refractivity contribution is 7.92. The number of likely N-dealkylation sites (tertiary alicyclic amines) is 1. The van der Waals surface area contributed by atoms with Crippen LogP contribution in [0.1, 0.15) is 23.2 Å². The maximum absolute atomic E-state index is 13.1. The van der Waals surface area contributed by atoms with Gasteiger partial charge in [0.1, 0.15) is 5.82 Å². The Morgan fingerprint density at radius 2 is 1.83 bits per heavy atom. The van der Waals surface area contributed by atoms with Crippen LogP contribution in [-0.4, -0.2) is 57.4 Å². The molecule has 1 aliphatic heterocycles. The fraction of sp³-hybridized carbons (Fsp3) is 0.350. The van der Waals surface area contributed by atoms with Gasteiger partial charge in [0.2, 0.25) is 0 Å². The van der Waals surface area contributed by atoms with E-state index in [0.29, 0.717) is 12.1 Å². The van der Waals surface area contributed by atoms with E-state index in [1.165, 1.54) is 25.0 Å². The molecule has 2 aromatic carbocycles. The lowest BCUT2D eigenvalue weighted by Crippen LogP contribution is -2.35. The van der Waals surface area contributed by atoms with Gasteiger partial charge in [0.05, 0.1) is 15.6 Å². The Morgan fingerprint density at radius 1 is 1.17 bits per heavy atom. The highest BCUT2D eigenvalue weighted by atomic mass is 35.5. The van der Waals surface area contributed by atoms with Crippen LogP contribution in [0.25, 0.3) is 0 Å². The molecule has 1 amide bonds. The van der Waals surface area contributed by atoms with Crippen molar-refractivity contribution in [2.75, 3.05) is 37.9 Å². The third-order valence-corrected chi connectivity index (χ3v) is 6.59. The van der Waals surface area contributed by atoms with Crippen LogP contribution < -0.4 is 4.72 Å². The Morgan fingerprint density at radius 3 is 2.48 bits per heavy atom. The number of benzene rings is 2. The second kappa shape index (κ2) is 9.11. The second-order valence-corrected chi connectivity index (χ2v) is 9.12. The molecule has 1 N–H and O–H groups in total. The van der Waals surface area contributed by atoms with Gasteiger partial charge in [-0.3, -0.25) is 9.52 Å². The number of hydrogen-bond acceptors (Lipinski definition) is 4. The SMILES string of the molecule is CN(CCN1CCCC1)C(=O)c1ccc(Cl)c(NS(=O)(=O)c2ccc(F)cc2)c1. The van der Waals surface area contributed by atoms with Crippen molar-refractivity contribution in [2.45, 2.75) is 17.7 Å². The van der Waals surface area contributed by atoms with Crippen molar-refractivity contribution in [1.82, 2.24) is 9.80 Å². The van der Waals surface area contributed by atoms with E-state index >= 15 is 0 Å². The quantitative estimate of drug-likeness (QED) is 0.717. The van der Waals surface area contributed by atoms with Gasteiger partial charge in [-0.25, -0.2) is 12.8 Å². The van der Waals surface area contributed by atoms with Crippen molar-refractivity contribution in [1.29, 1.82) is 0 Å². The number of anilines is 1. The summed E-state index contributed by atoms with van der Waals surface area (Å²) >= 11 is 6.13. The molecule has 0 bridgehead atoms. The Balaban J connectivity index is 1.73. The molecule has 0 spiro atoms. The van der Waals surface area contributed by atoms with Gasteiger partial charge in [-0.2, -0.15) is 0 Å². The van der Waals surface area contributed by atoms with E-state index in [-0.39, 0.29) is 21.5 Å². The normalized spacial score (nSPS) is 14.7. The number of carbonyl (C=O) groups excluding carboxylic acids is 1. The fourth-order valence-electron chi connectivity index (χ4n) is 3.17. The zero-order chi connectivity index (χ0) is 21.0. The van der Waals surface area contributed by atoms with E-state index in [1.807, 2.05) is 0 Å². The molecule has 1 aliphatic rings. The first-order chi connectivity index (χ1) is 13.8. The highest BCUT2D eigenvalue weighted by Crippen LogP contribution is 2.26. The van der Waals surface area contributed by atoms with Crippen LogP contribution in [0, 0.1) is 5.82 Å². The van der Waals surface area contributed by atoms with E-state index < -0.39 is 15.8 Å². The van der Waals surface area contributed by atoms with Crippen LogP contribution in [0.2, 0.25) is 5.02 Å². The van der Waals surface area contributed by atoms with Crippen LogP contribution in [0.3, 0.4) is 0 Å². The first-order valence-electron chi connectivity index (χ1n) is 9.32. The first kappa shape index (κ1) is 21.5. The van der Waals surface area contributed by atoms with Crippen LogP contribution in [-0.2, 0) is 10.0 Å². The molecular formula is C20H23ClFN3O3S. The van der Waals surface area contributed by atoms with E-state index in [9.17, 15) is 17.6 Å². The standard InChI is InChI=1S/C20H23ClFN3O3S/c1-24(12-13-25-10-2-3-11-25)20(26)15-4-9-18(21)19(14-15)23-29(27,28)17-7-5-16(22)6-8-17/h4-9,14,23H,2-3,10-13H2,1H3. The zero-order valence-electron chi connectivity index (χ0n) is 16.1. The molecule has 0 unspecified atom stereocenters. The first-order valence-corrected chi connectivity index (χ1v) is 11.2. The van der Waals surface area contributed by atoms with Gasteiger partial charge >= 0.3 is 0 Å². The van der Waals surface area contributed by atoms with Gasteiger partial charge in [-0.05, 0) is 68.4 Å². The van der Waals surface area contributed by atoms with Gasteiger partial charge < -0.3 is 9.80 Å². The summed E-state index contributed by atoms with van der Waals surface area (Å²) in [6, 6.07) is 8.90. The number of rotatable bonds is 7. The minimum Gasteiger partial charge on any atom is -0.340 e. The predicted molar refractivity (Wildman–Crippen MR) is 111 cm³/mol. The number of likely N-dealkylation sites (N-methyl/N-ethyl adjacent to an activating group) is 1. The number of nitrogens with zero attached hydrogens (tertiary/aromatic N) is 2. The monoisotopic (exact) mass is 439 g/mol.